The van der Waals surface area contributed by atoms with Crippen LogP contribution in [-0.4, -0.2) is 35.5 Å². The van der Waals surface area contributed by atoms with E-state index in [1.807, 2.05) is 0 Å². The summed E-state index contributed by atoms with van der Waals surface area (Å²) in [5, 5.41) is 2.67. The molecule has 5 N–H and O–H groups in total. The second-order valence-electron chi connectivity index (χ2n) is 4.11. The molecule has 0 heterocycles. The molecule has 0 aromatic heterocycles. The molecule has 0 saturated carbocycles. The summed E-state index contributed by atoms with van der Waals surface area (Å²) >= 11 is 1.69. The first-order valence-electron chi connectivity index (χ1n) is 4.74. The normalized spacial score (nSPS) is 13.8. The van der Waals surface area contributed by atoms with E-state index in [1.165, 1.54) is 0 Å². The van der Waals surface area contributed by atoms with Crippen LogP contribution in [0.15, 0.2) is 0 Å². The van der Waals surface area contributed by atoms with E-state index in [0.29, 0.717) is 18.8 Å². The minimum atomic E-state index is -0.439. The van der Waals surface area contributed by atoms with Gasteiger partial charge in [-0.1, -0.05) is 20.8 Å². The van der Waals surface area contributed by atoms with Gasteiger partial charge >= 0.3 is 0 Å². The highest BCUT2D eigenvalue weighted by Gasteiger charge is 2.17. The molecule has 0 rings (SSSR count). The molecule has 14 heavy (non-hydrogen) atoms. The monoisotopic (exact) mass is 219 g/mol. The highest BCUT2D eigenvalue weighted by Crippen LogP contribution is 2.23. The number of thioether (sulfide) groups is 1. The van der Waals surface area contributed by atoms with Crippen molar-refractivity contribution in [1.29, 1.82) is 0 Å². The molecule has 0 saturated heterocycles. The molecule has 0 aliphatic rings. The molecular formula is C9H21N3OS. The van der Waals surface area contributed by atoms with Gasteiger partial charge in [-0.05, 0) is 0 Å². The summed E-state index contributed by atoms with van der Waals surface area (Å²) in [6, 6.07) is -0.439. The van der Waals surface area contributed by atoms with Crippen molar-refractivity contribution in [3.05, 3.63) is 0 Å². The van der Waals surface area contributed by atoms with Crippen LogP contribution in [0.2, 0.25) is 0 Å². The van der Waals surface area contributed by atoms with Gasteiger partial charge in [-0.15, -0.1) is 0 Å². The van der Waals surface area contributed by atoms with Crippen molar-refractivity contribution < 1.29 is 4.79 Å². The van der Waals surface area contributed by atoms with Gasteiger partial charge in [-0.25, -0.2) is 0 Å². The molecule has 0 aliphatic heterocycles. The molecule has 0 aromatic rings. The molecule has 1 amide bonds. The van der Waals surface area contributed by atoms with Crippen molar-refractivity contribution >= 4 is 17.7 Å². The van der Waals surface area contributed by atoms with Gasteiger partial charge in [0.2, 0.25) is 5.91 Å². The number of carbonyl (C=O) groups is 1. The van der Waals surface area contributed by atoms with Gasteiger partial charge in [0.1, 0.15) is 0 Å². The number of amides is 1. The van der Waals surface area contributed by atoms with Gasteiger partial charge in [0.25, 0.3) is 0 Å². The zero-order valence-electron chi connectivity index (χ0n) is 9.17. The van der Waals surface area contributed by atoms with Crippen LogP contribution in [0.25, 0.3) is 0 Å². The summed E-state index contributed by atoms with van der Waals surface area (Å²) in [6.07, 6.45) is 0. The first kappa shape index (κ1) is 13.7. The Morgan fingerprint density at radius 1 is 1.50 bits per heavy atom. The van der Waals surface area contributed by atoms with Crippen molar-refractivity contribution in [1.82, 2.24) is 5.32 Å². The van der Waals surface area contributed by atoms with Crippen LogP contribution < -0.4 is 16.8 Å². The number of nitrogens with one attached hydrogen (secondary N) is 1. The Morgan fingerprint density at radius 2 is 2.07 bits per heavy atom. The molecule has 4 nitrogen and oxygen atoms in total. The van der Waals surface area contributed by atoms with E-state index in [1.54, 1.807) is 11.8 Å². The average molecular weight is 219 g/mol. The summed E-state index contributed by atoms with van der Waals surface area (Å²) < 4.78 is 0.145. The van der Waals surface area contributed by atoms with E-state index < -0.39 is 6.04 Å². The van der Waals surface area contributed by atoms with Crippen LogP contribution in [0, 0.1) is 0 Å². The summed E-state index contributed by atoms with van der Waals surface area (Å²) in [5.74, 6) is 0.520. The van der Waals surface area contributed by atoms with Gasteiger partial charge in [0.15, 0.2) is 0 Å². The van der Waals surface area contributed by atoms with Crippen molar-refractivity contribution in [3.8, 4) is 0 Å². The third kappa shape index (κ3) is 7.17. The molecule has 0 fully saturated rings. The second-order valence-corrected chi connectivity index (χ2v) is 5.96. The number of hydrogen-bond donors (Lipinski definition) is 3. The maximum absolute atomic E-state index is 11.3. The summed E-state index contributed by atoms with van der Waals surface area (Å²) in [4.78, 5) is 11.3. The number of carbonyl (C=O) groups excluding carboxylic acids is 1. The maximum atomic E-state index is 11.3. The van der Waals surface area contributed by atoms with Gasteiger partial charge in [0, 0.05) is 23.6 Å². The molecule has 0 aromatic carbocycles. The lowest BCUT2D eigenvalue weighted by atomic mass is 10.3. The van der Waals surface area contributed by atoms with Crippen LogP contribution in [0.1, 0.15) is 20.8 Å². The van der Waals surface area contributed by atoms with E-state index >= 15 is 0 Å². The molecule has 84 valence electrons. The van der Waals surface area contributed by atoms with Crippen LogP contribution in [0.5, 0.6) is 0 Å². The quantitative estimate of drug-likeness (QED) is 0.604. The van der Waals surface area contributed by atoms with Crippen LogP contribution in [0.3, 0.4) is 0 Å². The van der Waals surface area contributed by atoms with Crippen molar-refractivity contribution in [2.45, 2.75) is 31.6 Å². The summed E-state index contributed by atoms with van der Waals surface area (Å²) in [7, 11) is 0. The zero-order valence-corrected chi connectivity index (χ0v) is 9.99. The molecule has 0 unspecified atom stereocenters. The summed E-state index contributed by atoms with van der Waals surface area (Å²) in [6.45, 7) is 7.24. The van der Waals surface area contributed by atoms with E-state index in [2.05, 4.69) is 26.1 Å². The first-order chi connectivity index (χ1) is 6.37. The highest BCUT2D eigenvalue weighted by atomic mass is 32.2. The van der Waals surface area contributed by atoms with E-state index in [0.717, 1.165) is 0 Å². The fourth-order valence-electron chi connectivity index (χ4n) is 0.742. The average Bonchev–Trinajstić information content (AvgIpc) is 2.09. The smallest absolute Gasteiger partial charge is 0.237 e. The van der Waals surface area contributed by atoms with Gasteiger partial charge < -0.3 is 16.8 Å². The van der Waals surface area contributed by atoms with E-state index in [4.69, 9.17) is 11.5 Å². The maximum Gasteiger partial charge on any atom is 0.237 e. The Bertz CT molecular complexity index is 179. The first-order valence-corrected chi connectivity index (χ1v) is 5.72. The zero-order chi connectivity index (χ0) is 11.2. The SMILES string of the molecule is CC(C)(C)SC[C@@H](N)C(=O)NCCN. The van der Waals surface area contributed by atoms with E-state index in [9.17, 15) is 4.79 Å². The van der Waals surface area contributed by atoms with Crippen LogP contribution in [-0.2, 0) is 4.79 Å². The third-order valence-corrected chi connectivity index (χ3v) is 2.87. The summed E-state index contributed by atoms with van der Waals surface area (Å²) in [5.41, 5.74) is 11.0. The van der Waals surface area contributed by atoms with Gasteiger partial charge in [-0.3, -0.25) is 4.79 Å². The fraction of sp³-hybridized carbons (Fsp3) is 0.889. The molecule has 0 radical (unpaired) electrons. The van der Waals surface area contributed by atoms with Crippen molar-refractivity contribution in [3.63, 3.8) is 0 Å². The Balaban J connectivity index is 3.73. The second kappa shape index (κ2) is 6.27. The molecule has 0 bridgehead atoms. The number of hydrogen-bond acceptors (Lipinski definition) is 4. The van der Waals surface area contributed by atoms with Crippen molar-refractivity contribution in [2.75, 3.05) is 18.8 Å². The number of nitrogens with two attached hydrogens (primary N) is 2. The molecule has 0 aliphatic carbocycles. The lowest BCUT2D eigenvalue weighted by Gasteiger charge is -2.20. The predicted molar refractivity (Wildman–Crippen MR) is 62.3 cm³/mol. The molecular weight excluding hydrogens is 198 g/mol. The predicted octanol–water partition coefficient (Wildman–Crippen LogP) is -0.0797. The highest BCUT2D eigenvalue weighted by molar-refractivity contribution is 8.00. The molecule has 1 atom stereocenters. The van der Waals surface area contributed by atoms with Crippen molar-refractivity contribution in [2.24, 2.45) is 11.5 Å². The fourth-order valence-corrected chi connectivity index (χ4v) is 1.57. The van der Waals surface area contributed by atoms with E-state index in [-0.39, 0.29) is 10.7 Å². The van der Waals surface area contributed by atoms with Crippen LogP contribution >= 0.6 is 11.8 Å². The van der Waals surface area contributed by atoms with Gasteiger partial charge in [0.05, 0.1) is 6.04 Å². The Labute approximate surface area is 90.2 Å². The Morgan fingerprint density at radius 3 is 2.50 bits per heavy atom. The molecule has 5 heteroatoms. The lowest BCUT2D eigenvalue weighted by Crippen LogP contribution is -2.44. The molecule has 0 spiro atoms. The minimum Gasteiger partial charge on any atom is -0.353 e. The Hall–Kier alpha value is -0.260. The lowest BCUT2D eigenvalue weighted by molar-refractivity contribution is -0.121. The van der Waals surface area contributed by atoms with Crippen LogP contribution in [0.4, 0.5) is 0 Å². The minimum absolute atomic E-state index is 0.118. The topological polar surface area (TPSA) is 81.1 Å². The standard InChI is InChI=1S/C9H21N3OS/c1-9(2,3)14-6-7(11)8(13)12-5-4-10/h7H,4-6,10-11H2,1-3H3,(H,12,13)/t7-/m1/s1. The number of rotatable bonds is 5. The Kier molecular flexibility index (Phi) is 6.15. The van der Waals surface area contributed by atoms with Gasteiger partial charge in [-0.2, -0.15) is 11.8 Å². The third-order valence-electron chi connectivity index (χ3n) is 1.48. The largest absolute Gasteiger partial charge is 0.353 e.